The standard InChI is InChI=1S/C25H27F3N2O3/c1-31-14-12-29-18-8-4-16(5-9-18)20-22(26)23(27)21(25(33-3)24(20)28)17-6-10-19(11-7-17)30-13-15-32-2/h4-11,29-30H,12-15H2,1-3H3. The molecule has 0 radical (unpaired) electrons. The van der Waals surface area contributed by atoms with Crippen LogP contribution in [0.5, 0.6) is 5.75 Å². The summed E-state index contributed by atoms with van der Waals surface area (Å²) in [6.45, 7) is 2.20. The molecular formula is C25H27F3N2O3. The molecule has 3 aromatic rings. The van der Waals surface area contributed by atoms with Crippen molar-refractivity contribution >= 4 is 11.4 Å². The van der Waals surface area contributed by atoms with Crippen molar-refractivity contribution in [2.75, 3.05) is 58.3 Å². The number of nitrogens with one attached hydrogen (secondary N) is 2. The predicted molar refractivity (Wildman–Crippen MR) is 124 cm³/mol. The smallest absolute Gasteiger partial charge is 0.176 e. The van der Waals surface area contributed by atoms with Gasteiger partial charge in [0, 0.05) is 38.7 Å². The molecule has 0 amide bonds. The number of ether oxygens (including phenoxy) is 3. The van der Waals surface area contributed by atoms with E-state index in [9.17, 15) is 0 Å². The zero-order valence-electron chi connectivity index (χ0n) is 18.8. The van der Waals surface area contributed by atoms with Crippen molar-refractivity contribution in [3.63, 3.8) is 0 Å². The predicted octanol–water partition coefficient (Wildman–Crippen LogP) is 5.56. The lowest BCUT2D eigenvalue weighted by molar-refractivity contribution is 0.210. The number of methoxy groups -OCH3 is 3. The van der Waals surface area contributed by atoms with Gasteiger partial charge in [0.15, 0.2) is 23.2 Å². The van der Waals surface area contributed by atoms with Crippen LogP contribution in [-0.2, 0) is 9.47 Å². The molecule has 0 atom stereocenters. The molecule has 0 aliphatic heterocycles. The molecule has 2 N–H and O–H groups in total. The Labute approximate surface area is 191 Å². The summed E-state index contributed by atoms with van der Waals surface area (Å²) in [6, 6.07) is 12.9. The van der Waals surface area contributed by atoms with Gasteiger partial charge in [0.05, 0.1) is 31.5 Å². The van der Waals surface area contributed by atoms with Crippen molar-refractivity contribution in [1.29, 1.82) is 0 Å². The highest BCUT2D eigenvalue weighted by Gasteiger charge is 2.27. The highest BCUT2D eigenvalue weighted by molar-refractivity contribution is 5.79. The van der Waals surface area contributed by atoms with Gasteiger partial charge in [-0.25, -0.2) is 13.2 Å². The van der Waals surface area contributed by atoms with Crippen LogP contribution in [0, 0.1) is 17.5 Å². The fourth-order valence-corrected chi connectivity index (χ4v) is 3.45. The molecule has 0 saturated heterocycles. The van der Waals surface area contributed by atoms with E-state index in [1.807, 2.05) is 0 Å². The van der Waals surface area contributed by atoms with Gasteiger partial charge in [-0.2, -0.15) is 0 Å². The molecule has 33 heavy (non-hydrogen) atoms. The molecule has 5 nitrogen and oxygen atoms in total. The van der Waals surface area contributed by atoms with Crippen LogP contribution < -0.4 is 15.4 Å². The van der Waals surface area contributed by atoms with Crippen molar-refractivity contribution in [1.82, 2.24) is 0 Å². The molecule has 0 saturated carbocycles. The van der Waals surface area contributed by atoms with E-state index in [-0.39, 0.29) is 16.9 Å². The van der Waals surface area contributed by atoms with Crippen LogP contribution >= 0.6 is 0 Å². The van der Waals surface area contributed by atoms with Gasteiger partial charge in [0.1, 0.15) is 0 Å². The maximum Gasteiger partial charge on any atom is 0.176 e. The Balaban J connectivity index is 1.96. The first-order valence-electron chi connectivity index (χ1n) is 10.4. The second kappa shape index (κ2) is 11.6. The van der Waals surface area contributed by atoms with Crippen LogP contribution in [0.2, 0.25) is 0 Å². The van der Waals surface area contributed by atoms with Crippen molar-refractivity contribution in [3.05, 3.63) is 66.0 Å². The van der Waals surface area contributed by atoms with Crippen LogP contribution in [0.1, 0.15) is 0 Å². The Morgan fingerprint density at radius 1 is 0.606 bits per heavy atom. The molecule has 0 spiro atoms. The van der Waals surface area contributed by atoms with Gasteiger partial charge >= 0.3 is 0 Å². The molecule has 0 bridgehead atoms. The number of halogens is 3. The minimum absolute atomic E-state index is 0.198. The lowest BCUT2D eigenvalue weighted by Crippen LogP contribution is -2.07. The molecule has 0 aliphatic rings. The Hall–Kier alpha value is -3.23. The minimum atomic E-state index is -1.27. The van der Waals surface area contributed by atoms with Gasteiger partial charge in [-0.15, -0.1) is 0 Å². The third-order valence-corrected chi connectivity index (χ3v) is 5.10. The molecule has 8 heteroatoms. The largest absolute Gasteiger partial charge is 0.493 e. The minimum Gasteiger partial charge on any atom is -0.493 e. The van der Waals surface area contributed by atoms with E-state index in [1.165, 1.54) is 19.2 Å². The lowest BCUT2D eigenvalue weighted by Gasteiger charge is -2.17. The number of anilines is 2. The maximum atomic E-state index is 15.4. The average molecular weight is 460 g/mol. The van der Waals surface area contributed by atoms with E-state index < -0.39 is 23.0 Å². The molecule has 176 valence electrons. The van der Waals surface area contributed by atoms with Crippen LogP contribution in [0.25, 0.3) is 22.3 Å². The quantitative estimate of drug-likeness (QED) is 0.290. The highest BCUT2D eigenvalue weighted by Crippen LogP contribution is 2.42. The van der Waals surface area contributed by atoms with E-state index in [1.54, 1.807) is 50.6 Å². The van der Waals surface area contributed by atoms with E-state index in [0.717, 1.165) is 11.4 Å². The summed E-state index contributed by atoms with van der Waals surface area (Å²) >= 11 is 0. The highest BCUT2D eigenvalue weighted by atomic mass is 19.2. The fourth-order valence-electron chi connectivity index (χ4n) is 3.45. The monoisotopic (exact) mass is 460 g/mol. The summed E-state index contributed by atoms with van der Waals surface area (Å²) in [4.78, 5) is 0. The normalized spacial score (nSPS) is 10.8. The van der Waals surface area contributed by atoms with Crippen molar-refractivity contribution in [2.24, 2.45) is 0 Å². The number of hydrogen-bond donors (Lipinski definition) is 2. The van der Waals surface area contributed by atoms with Crippen LogP contribution in [0.3, 0.4) is 0 Å². The molecule has 0 aromatic heterocycles. The molecule has 3 aromatic carbocycles. The molecule has 0 unspecified atom stereocenters. The fraction of sp³-hybridized carbons (Fsp3) is 0.280. The average Bonchev–Trinajstić information content (AvgIpc) is 2.83. The number of rotatable bonds is 11. The third kappa shape index (κ3) is 5.58. The van der Waals surface area contributed by atoms with Gasteiger partial charge in [-0.3, -0.25) is 0 Å². The van der Waals surface area contributed by atoms with Crippen LogP contribution in [0.15, 0.2) is 48.5 Å². The van der Waals surface area contributed by atoms with Crippen LogP contribution in [-0.4, -0.2) is 47.6 Å². The zero-order valence-corrected chi connectivity index (χ0v) is 18.8. The van der Waals surface area contributed by atoms with E-state index >= 15 is 13.2 Å². The van der Waals surface area contributed by atoms with Gasteiger partial charge in [0.25, 0.3) is 0 Å². The molecule has 3 rings (SSSR count). The summed E-state index contributed by atoms with van der Waals surface area (Å²) in [5.41, 5.74) is 1.27. The summed E-state index contributed by atoms with van der Waals surface area (Å²) < 4.78 is 60.9. The molecule has 0 aliphatic carbocycles. The summed E-state index contributed by atoms with van der Waals surface area (Å²) in [6.07, 6.45) is 0. The summed E-state index contributed by atoms with van der Waals surface area (Å²) in [5, 5.41) is 6.25. The Morgan fingerprint density at radius 2 is 1.03 bits per heavy atom. The van der Waals surface area contributed by atoms with Gasteiger partial charge in [-0.1, -0.05) is 24.3 Å². The Bertz CT molecular complexity index is 1060. The maximum absolute atomic E-state index is 15.4. The first-order chi connectivity index (χ1) is 16.0. The van der Waals surface area contributed by atoms with Gasteiger partial charge in [0.2, 0.25) is 0 Å². The van der Waals surface area contributed by atoms with Gasteiger partial charge in [-0.05, 0) is 35.4 Å². The van der Waals surface area contributed by atoms with Crippen molar-refractivity contribution < 1.29 is 27.4 Å². The number of hydrogen-bond acceptors (Lipinski definition) is 5. The Kier molecular flexibility index (Phi) is 8.57. The molecule has 0 heterocycles. The van der Waals surface area contributed by atoms with Gasteiger partial charge < -0.3 is 24.8 Å². The molecular weight excluding hydrogens is 433 g/mol. The van der Waals surface area contributed by atoms with Crippen molar-refractivity contribution in [2.45, 2.75) is 0 Å². The first kappa shape index (κ1) is 24.4. The Morgan fingerprint density at radius 3 is 1.45 bits per heavy atom. The van der Waals surface area contributed by atoms with Crippen LogP contribution in [0.4, 0.5) is 24.5 Å². The van der Waals surface area contributed by atoms with E-state index in [2.05, 4.69) is 10.6 Å². The molecule has 0 fully saturated rings. The second-order valence-corrected chi connectivity index (χ2v) is 7.22. The van der Waals surface area contributed by atoms with Crippen molar-refractivity contribution in [3.8, 4) is 28.0 Å². The van der Waals surface area contributed by atoms with E-state index in [0.29, 0.717) is 31.9 Å². The number of benzene rings is 3. The topological polar surface area (TPSA) is 51.8 Å². The second-order valence-electron chi connectivity index (χ2n) is 7.22. The first-order valence-corrected chi connectivity index (χ1v) is 10.4. The SMILES string of the molecule is COCCNc1ccc(-c2c(F)c(F)c(-c3ccc(NCCOC)cc3)c(OC)c2F)cc1. The summed E-state index contributed by atoms with van der Waals surface area (Å²) in [5.74, 6) is -3.77. The zero-order chi connectivity index (χ0) is 23.8. The lowest BCUT2D eigenvalue weighted by atomic mass is 9.96. The third-order valence-electron chi connectivity index (χ3n) is 5.10. The summed E-state index contributed by atoms with van der Waals surface area (Å²) in [7, 11) is 4.42. The van der Waals surface area contributed by atoms with E-state index in [4.69, 9.17) is 14.2 Å².